The molecule has 0 radical (unpaired) electrons. The fraction of sp³-hybridized carbons (Fsp3) is 0.286. The van der Waals surface area contributed by atoms with Crippen molar-refractivity contribution in [3.63, 3.8) is 0 Å². The van der Waals surface area contributed by atoms with E-state index < -0.39 is 17.6 Å². The van der Waals surface area contributed by atoms with E-state index in [1.165, 1.54) is 6.92 Å². The van der Waals surface area contributed by atoms with Crippen LogP contribution in [-0.4, -0.2) is 19.6 Å². The molecular formula is C7H4ClF3N4O. The molecule has 2 aromatic heterocycles. The van der Waals surface area contributed by atoms with Gasteiger partial charge in [0.1, 0.15) is 5.02 Å². The molecule has 0 aliphatic carbocycles. The van der Waals surface area contributed by atoms with Gasteiger partial charge in [-0.25, -0.2) is 4.98 Å². The minimum atomic E-state index is -4.67. The van der Waals surface area contributed by atoms with Gasteiger partial charge in [-0.05, 0) is 6.92 Å². The van der Waals surface area contributed by atoms with Gasteiger partial charge in [0.25, 0.3) is 11.3 Å². The maximum Gasteiger partial charge on any atom is 0.451 e. The first-order chi connectivity index (χ1) is 7.30. The summed E-state index contributed by atoms with van der Waals surface area (Å²) in [6, 6.07) is 0. The molecule has 0 saturated heterocycles. The third-order valence-corrected chi connectivity index (χ3v) is 2.31. The Bertz CT molecular complexity index is 614. The summed E-state index contributed by atoms with van der Waals surface area (Å²) in [5.74, 6) is -1.65. The number of aryl methyl sites for hydroxylation is 1. The second kappa shape index (κ2) is 3.21. The molecule has 0 aliphatic rings. The van der Waals surface area contributed by atoms with Crippen molar-refractivity contribution in [2.24, 2.45) is 0 Å². The molecule has 0 spiro atoms. The number of fused-ring (bicyclic) bond motifs is 1. The fourth-order valence-corrected chi connectivity index (χ4v) is 1.25. The molecule has 0 bridgehead atoms. The zero-order valence-corrected chi connectivity index (χ0v) is 8.52. The molecule has 86 valence electrons. The molecule has 0 amide bonds. The van der Waals surface area contributed by atoms with Gasteiger partial charge in [-0.1, -0.05) is 11.6 Å². The summed E-state index contributed by atoms with van der Waals surface area (Å²) in [6.07, 6.45) is -4.67. The highest BCUT2D eigenvalue weighted by Crippen LogP contribution is 2.26. The van der Waals surface area contributed by atoms with Crippen molar-refractivity contribution in [3.8, 4) is 0 Å². The highest BCUT2D eigenvalue weighted by Gasteiger charge is 2.35. The number of aromatic nitrogens is 4. The highest BCUT2D eigenvalue weighted by atomic mass is 35.5. The molecule has 0 saturated carbocycles. The van der Waals surface area contributed by atoms with Crippen LogP contribution >= 0.6 is 11.6 Å². The molecule has 16 heavy (non-hydrogen) atoms. The summed E-state index contributed by atoms with van der Waals surface area (Å²) in [5.41, 5.74) is -0.681. The van der Waals surface area contributed by atoms with Crippen molar-refractivity contribution in [2.75, 3.05) is 0 Å². The Labute approximate surface area is 90.9 Å². The second-order valence-corrected chi connectivity index (χ2v) is 3.40. The van der Waals surface area contributed by atoms with Gasteiger partial charge < -0.3 is 0 Å². The van der Waals surface area contributed by atoms with E-state index >= 15 is 0 Å². The smallest absolute Gasteiger partial charge is 0.267 e. The molecule has 1 N–H and O–H groups in total. The maximum absolute atomic E-state index is 12.3. The predicted molar refractivity (Wildman–Crippen MR) is 48.4 cm³/mol. The van der Waals surface area contributed by atoms with E-state index in [0.29, 0.717) is 4.52 Å². The van der Waals surface area contributed by atoms with Crippen LogP contribution in [0.4, 0.5) is 13.2 Å². The number of hydrogen-bond acceptors (Lipinski definition) is 3. The minimum absolute atomic E-state index is 0.131. The number of alkyl halides is 3. The number of nitrogens with one attached hydrogen (secondary N) is 1. The van der Waals surface area contributed by atoms with Gasteiger partial charge in [0.2, 0.25) is 5.82 Å². The average Bonchev–Trinajstić information content (AvgIpc) is 2.57. The Kier molecular flexibility index (Phi) is 2.19. The van der Waals surface area contributed by atoms with Crippen LogP contribution in [0.15, 0.2) is 4.79 Å². The van der Waals surface area contributed by atoms with Crippen molar-refractivity contribution < 1.29 is 13.2 Å². The molecule has 0 atom stereocenters. The Balaban J connectivity index is 2.82. The lowest BCUT2D eigenvalue weighted by Crippen LogP contribution is -2.17. The van der Waals surface area contributed by atoms with E-state index in [1.807, 2.05) is 0 Å². The first-order valence-electron chi connectivity index (χ1n) is 4.03. The highest BCUT2D eigenvalue weighted by molar-refractivity contribution is 6.31. The number of aromatic amines is 1. The van der Waals surface area contributed by atoms with Gasteiger partial charge in [0.05, 0.1) is 5.69 Å². The van der Waals surface area contributed by atoms with Crippen LogP contribution in [0.25, 0.3) is 5.78 Å². The van der Waals surface area contributed by atoms with Crippen LogP contribution in [-0.2, 0) is 6.18 Å². The summed E-state index contributed by atoms with van der Waals surface area (Å²) in [7, 11) is 0. The minimum Gasteiger partial charge on any atom is -0.267 e. The van der Waals surface area contributed by atoms with Crippen LogP contribution < -0.4 is 5.56 Å². The molecule has 9 heteroatoms. The quantitative estimate of drug-likeness (QED) is 0.771. The Morgan fingerprint density at radius 1 is 1.38 bits per heavy atom. The van der Waals surface area contributed by atoms with Gasteiger partial charge in [-0.3, -0.25) is 9.89 Å². The summed E-state index contributed by atoms with van der Waals surface area (Å²) >= 11 is 5.56. The number of H-pyrrole nitrogens is 1. The van der Waals surface area contributed by atoms with Gasteiger partial charge in [-0.2, -0.15) is 22.7 Å². The lowest BCUT2D eigenvalue weighted by atomic mass is 10.4. The fourth-order valence-electron chi connectivity index (χ4n) is 1.13. The maximum atomic E-state index is 12.3. The topological polar surface area (TPSA) is 63.1 Å². The van der Waals surface area contributed by atoms with Crippen LogP contribution in [0.2, 0.25) is 5.02 Å². The molecule has 0 unspecified atom stereocenters. The zero-order valence-electron chi connectivity index (χ0n) is 7.76. The third-order valence-electron chi connectivity index (χ3n) is 1.87. The number of halogens is 4. The van der Waals surface area contributed by atoms with Gasteiger partial charge >= 0.3 is 6.18 Å². The molecule has 5 nitrogen and oxygen atoms in total. The van der Waals surface area contributed by atoms with E-state index in [9.17, 15) is 18.0 Å². The number of nitrogens with zero attached hydrogens (tertiary/aromatic N) is 3. The number of hydrogen-bond donors (Lipinski definition) is 1. The van der Waals surface area contributed by atoms with Crippen molar-refractivity contribution in [3.05, 3.63) is 26.9 Å². The van der Waals surface area contributed by atoms with E-state index in [1.54, 1.807) is 5.10 Å². The predicted octanol–water partition coefficient (Wildman–Crippen LogP) is 1.40. The van der Waals surface area contributed by atoms with E-state index in [0.717, 1.165) is 0 Å². The van der Waals surface area contributed by atoms with Crippen LogP contribution in [0, 0.1) is 6.92 Å². The molecule has 0 aliphatic heterocycles. The lowest BCUT2D eigenvalue weighted by Gasteiger charge is -1.98. The SMILES string of the molecule is Cc1nc2nc(C(F)(F)F)[nH]n2c(=O)c1Cl. The summed E-state index contributed by atoms with van der Waals surface area (Å²) in [6.45, 7) is 1.41. The lowest BCUT2D eigenvalue weighted by molar-refractivity contribution is -0.144. The Morgan fingerprint density at radius 2 is 2.00 bits per heavy atom. The van der Waals surface area contributed by atoms with Crippen LogP contribution in [0.3, 0.4) is 0 Å². The van der Waals surface area contributed by atoms with Crippen LogP contribution in [0.1, 0.15) is 11.5 Å². The van der Waals surface area contributed by atoms with Crippen molar-refractivity contribution in [1.82, 2.24) is 19.6 Å². The normalized spacial score (nSPS) is 12.3. The summed E-state index contributed by atoms with van der Waals surface area (Å²) in [5, 5.41) is 1.55. The standard InChI is InChI=1S/C7H4ClF3N4O/c1-2-3(8)4(16)15-6(12-2)13-5(14-15)7(9,10)11/h1H3,(H,12,13,14). The molecule has 2 aromatic rings. The Hall–Kier alpha value is -1.57. The van der Waals surface area contributed by atoms with E-state index in [2.05, 4.69) is 9.97 Å². The first-order valence-corrected chi connectivity index (χ1v) is 4.40. The van der Waals surface area contributed by atoms with Gasteiger partial charge in [-0.15, -0.1) is 0 Å². The molecule has 0 fully saturated rings. The number of rotatable bonds is 0. The molecule has 2 rings (SSSR count). The second-order valence-electron chi connectivity index (χ2n) is 3.02. The van der Waals surface area contributed by atoms with Gasteiger partial charge in [0.15, 0.2) is 0 Å². The van der Waals surface area contributed by atoms with E-state index in [4.69, 9.17) is 11.6 Å². The molecular weight excluding hydrogens is 249 g/mol. The first kappa shape index (κ1) is 10.9. The monoisotopic (exact) mass is 252 g/mol. The molecule has 0 aromatic carbocycles. The summed E-state index contributed by atoms with van der Waals surface area (Å²) < 4.78 is 37.4. The van der Waals surface area contributed by atoms with Gasteiger partial charge in [0, 0.05) is 0 Å². The average molecular weight is 253 g/mol. The largest absolute Gasteiger partial charge is 0.451 e. The molecule has 2 heterocycles. The van der Waals surface area contributed by atoms with Crippen molar-refractivity contribution >= 4 is 17.4 Å². The van der Waals surface area contributed by atoms with Crippen molar-refractivity contribution in [2.45, 2.75) is 13.1 Å². The zero-order chi connectivity index (χ0) is 12.1. The van der Waals surface area contributed by atoms with E-state index in [-0.39, 0.29) is 16.5 Å². The third kappa shape index (κ3) is 1.54. The van der Waals surface area contributed by atoms with Crippen LogP contribution in [0.5, 0.6) is 0 Å². The van der Waals surface area contributed by atoms with Crippen molar-refractivity contribution in [1.29, 1.82) is 0 Å². The Morgan fingerprint density at radius 3 is 2.56 bits per heavy atom. The summed E-state index contributed by atoms with van der Waals surface area (Å²) in [4.78, 5) is 18.3.